The van der Waals surface area contributed by atoms with Gasteiger partial charge in [-0.15, -0.1) is 0 Å². The minimum Gasteiger partial charge on any atom is -0.378 e. The zero-order valence-electron chi connectivity index (χ0n) is 14.3. The molecular formula is C18H26N2O4. The minimum atomic E-state index is -0.0475. The van der Waals surface area contributed by atoms with Crippen LogP contribution in [-0.4, -0.2) is 55.0 Å². The SMILES string of the molecule is Cc1cc(C(=O)N2CCC3(CC2)CO[C@@H](COCC2CC2)C3)on1. The first kappa shape index (κ1) is 16.1. The molecule has 1 aromatic heterocycles. The zero-order valence-corrected chi connectivity index (χ0v) is 14.3. The van der Waals surface area contributed by atoms with Crippen molar-refractivity contribution in [2.45, 2.75) is 45.1 Å². The Kier molecular flexibility index (Phi) is 4.35. The van der Waals surface area contributed by atoms with Crippen molar-refractivity contribution in [1.29, 1.82) is 0 Å². The molecule has 0 unspecified atom stereocenters. The van der Waals surface area contributed by atoms with E-state index < -0.39 is 0 Å². The minimum absolute atomic E-state index is 0.0475. The molecule has 0 N–H and O–H groups in total. The van der Waals surface area contributed by atoms with Gasteiger partial charge in [-0.25, -0.2) is 0 Å². The molecule has 1 spiro atoms. The van der Waals surface area contributed by atoms with Crippen LogP contribution in [0.4, 0.5) is 0 Å². The molecule has 3 fully saturated rings. The molecule has 132 valence electrons. The van der Waals surface area contributed by atoms with Crippen LogP contribution in [0.1, 0.15) is 48.4 Å². The normalized spacial score (nSPS) is 26.2. The first-order valence-electron chi connectivity index (χ1n) is 9.06. The van der Waals surface area contributed by atoms with Crippen molar-refractivity contribution in [3.63, 3.8) is 0 Å². The highest BCUT2D eigenvalue weighted by molar-refractivity contribution is 5.91. The molecule has 0 bridgehead atoms. The van der Waals surface area contributed by atoms with Crippen LogP contribution in [0, 0.1) is 18.3 Å². The van der Waals surface area contributed by atoms with Crippen molar-refractivity contribution in [3.8, 4) is 0 Å². The molecule has 0 aromatic carbocycles. The predicted octanol–water partition coefficient (Wildman–Crippen LogP) is 2.42. The number of aromatic nitrogens is 1. The van der Waals surface area contributed by atoms with Gasteiger partial charge >= 0.3 is 0 Å². The number of piperidine rings is 1. The number of aryl methyl sites for hydroxylation is 1. The molecule has 2 aliphatic heterocycles. The lowest BCUT2D eigenvalue weighted by molar-refractivity contribution is 0.00927. The molecular weight excluding hydrogens is 308 g/mol. The average Bonchev–Trinajstić information content (AvgIpc) is 3.18. The maximum absolute atomic E-state index is 12.4. The van der Waals surface area contributed by atoms with E-state index in [9.17, 15) is 4.79 Å². The van der Waals surface area contributed by atoms with E-state index in [0.717, 1.165) is 63.8 Å². The van der Waals surface area contributed by atoms with E-state index in [-0.39, 0.29) is 17.4 Å². The summed E-state index contributed by atoms with van der Waals surface area (Å²) in [5.41, 5.74) is 0.965. The van der Waals surface area contributed by atoms with Gasteiger partial charge in [0.25, 0.3) is 5.91 Å². The molecule has 1 saturated carbocycles. The first-order valence-corrected chi connectivity index (χ1v) is 9.06. The molecule has 1 atom stereocenters. The van der Waals surface area contributed by atoms with E-state index in [1.165, 1.54) is 12.8 Å². The van der Waals surface area contributed by atoms with Crippen molar-refractivity contribution in [3.05, 3.63) is 17.5 Å². The maximum Gasteiger partial charge on any atom is 0.292 e. The van der Waals surface area contributed by atoms with Gasteiger partial charge in [-0.2, -0.15) is 0 Å². The van der Waals surface area contributed by atoms with Gasteiger partial charge in [0.15, 0.2) is 0 Å². The fraction of sp³-hybridized carbons (Fsp3) is 0.778. The Hall–Kier alpha value is -1.40. The summed E-state index contributed by atoms with van der Waals surface area (Å²) in [6.07, 6.45) is 5.91. The summed E-state index contributed by atoms with van der Waals surface area (Å²) in [6.45, 7) is 5.76. The van der Waals surface area contributed by atoms with E-state index in [4.69, 9.17) is 14.0 Å². The van der Waals surface area contributed by atoms with Crippen LogP contribution in [0.15, 0.2) is 10.6 Å². The number of hydrogen-bond acceptors (Lipinski definition) is 5. The summed E-state index contributed by atoms with van der Waals surface area (Å²) in [7, 11) is 0. The summed E-state index contributed by atoms with van der Waals surface area (Å²) in [5.74, 6) is 1.10. The second-order valence-electron chi connectivity index (χ2n) is 7.74. The van der Waals surface area contributed by atoms with Gasteiger partial charge in [0.2, 0.25) is 5.76 Å². The number of likely N-dealkylation sites (tertiary alicyclic amines) is 1. The highest BCUT2D eigenvalue weighted by Crippen LogP contribution is 2.42. The van der Waals surface area contributed by atoms with E-state index in [2.05, 4.69) is 5.16 Å². The molecule has 6 heteroatoms. The van der Waals surface area contributed by atoms with E-state index in [0.29, 0.717) is 5.76 Å². The summed E-state index contributed by atoms with van der Waals surface area (Å²) < 4.78 is 16.9. The molecule has 2 saturated heterocycles. The van der Waals surface area contributed by atoms with Gasteiger partial charge in [-0.05, 0) is 50.4 Å². The number of nitrogens with zero attached hydrogens (tertiary/aromatic N) is 2. The number of ether oxygens (including phenoxy) is 2. The Morgan fingerprint density at radius 2 is 2.17 bits per heavy atom. The van der Waals surface area contributed by atoms with Crippen LogP contribution in [-0.2, 0) is 9.47 Å². The first-order chi connectivity index (χ1) is 11.6. The molecule has 1 aliphatic carbocycles. The lowest BCUT2D eigenvalue weighted by Crippen LogP contribution is -2.43. The quantitative estimate of drug-likeness (QED) is 0.827. The van der Waals surface area contributed by atoms with Gasteiger partial charge < -0.3 is 18.9 Å². The highest BCUT2D eigenvalue weighted by Gasteiger charge is 2.43. The lowest BCUT2D eigenvalue weighted by atomic mass is 9.76. The molecule has 1 amide bonds. The smallest absolute Gasteiger partial charge is 0.292 e. The lowest BCUT2D eigenvalue weighted by Gasteiger charge is -2.38. The third-order valence-electron chi connectivity index (χ3n) is 5.59. The van der Waals surface area contributed by atoms with E-state index in [1.54, 1.807) is 6.07 Å². The van der Waals surface area contributed by atoms with Crippen molar-refractivity contribution < 1.29 is 18.8 Å². The van der Waals surface area contributed by atoms with Crippen molar-refractivity contribution in [2.24, 2.45) is 11.3 Å². The van der Waals surface area contributed by atoms with Gasteiger partial charge in [0, 0.05) is 25.8 Å². The summed E-state index contributed by atoms with van der Waals surface area (Å²) in [6, 6.07) is 1.71. The van der Waals surface area contributed by atoms with Gasteiger partial charge in [-0.1, -0.05) is 5.16 Å². The molecule has 3 heterocycles. The summed E-state index contributed by atoms with van der Waals surface area (Å²) >= 11 is 0. The Morgan fingerprint density at radius 3 is 2.83 bits per heavy atom. The maximum atomic E-state index is 12.4. The summed E-state index contributed by atoms with van der Waals surface area (Å²) in [4.78, 5) is 14.3. The average molecular weight is 334 g/mol. The third-order valence-corrected chi connectivity index (χ3v) is 5.59. The van der Waals surface area contributed by atoms with Crippen LogP contribution in [0.2, 0.25) is 0 Å². The van der Waals surface area contributed by atoms with E-state index >= 15 is 0 Å². The number of amides is 1. The van der Waals surface area contributed by atoms with Crippen molar-refractivity contribution in [2.75, 3.05) is 32.9 Å². The topological polar surface area (TPSA) is 64.8 Å². The van der Waals surface area contributed by atoms with Gasteiger partial charge in [-0.3, -0.25) is 4.79 Å². The number of rotatable bonds is 5. The highest BCUT2D eigenvalue weighted by atomic mass is 16.5. The van der Waals surface area contributed by atoms with Crippen LogP contribution in [0.3, 0.4) is 0 Å². The molecule has 6 nitrogen and oxygen atoms in total. The Bertz CT molecular complexity index is 588. The number of carbonyl (C=O) groups excluding carboxylic acids is 1. The van der Waals surface area contributed by atoms with Crippen LogP contribution in [0.25, 0.3) is 0 Å². The number of carbonyl (C=O) groups is 1. The third kappa shape index (κ3) is 3.49. The van der Waals surface area contributed by atoms with Gasteiger partial charge in [0.1, 0.15) is 0 Å². The number of hydrogen-bond donors (Lipinski definition) is 0. The second-order valence-corrected chi connectivity index (χ2v) is 7.74. The van der Waals surface area contributed by atoms with Gasteiger partial charge in [0.05, 0.1) is 25.0 Å². The molecule has 24 heavy (non-hydrogen) atoms. The Labute approximate surface area is 142 Å². The largest absolute Gasteiger partial charge is 0.378 e. The fourth-order valence-corrected chi connectivity index (χ4v) is 3.81. The molecule has 0 radical (unpaired) electrons. The standard InChI is InChI=1S/C18H26N2O4/c1-13-8-16(24-19-13)17(21)20-6-4-18(5-7-20)9-15(23-12-18)11-22-10-14-2-3-14/h8,14-15H,2-7,9-12H2,1H3/t15-/m1/s1. The van der Waals surface area contributed by atoms with Crippen LogP contribution < -0.4 is 0 Å². The molecule has 3 aliphatic rings. The Balaban J connectivity index is 1.25. The summed E-state index contributed by atoms with van der Waals surface area (Å²) in [5, 5.41) is 3.80. The zero-order chi connectivity index (χ0) is 16.6. The molecule has 4 rings (SSSR count). The van der Waals surface area contributed by atoms with Crippen molar-refractivity contribution in [1.82, 2.24) is 10.1 Å². The molecule has 1 aromatic rings. The van der Waals surface area contributed by atoms with Crippen LogP contribution in [0.5, 0.6) is 0 Å². The van der Waals surface area contributed by atoms with Crippen LogP contribution >= 0.6 is 0 Å². The second kappa shape index (κ2) is 6.48. The van der Waals surface area contributed by atoms with Crippen molar-refractivity contribution >= 4 is 5.91 Å². The monoisotopic (exact) mass is 334 g/mol. The predicted molar refractivity (Wildman–Crippen MR) is 86.7 cm³/mol. The van der Waals surface area contributed by atoms with E-state index in [1.807, 2.05) is 11.8 Å². The Morgan fingerprint density at radius 1 is 1.38 bits per heavy atom. The fourth-order valence-electron chi connectivity index (χ4n) is 3.81.